The second kappa shape index (κ2) is 6.10. The van der Waals surface area contributed by atoms with Gasteiger partial charge >= 0.3 is 0 Å². The first-order valence-electron chi connectivity index (χ1n) is 5.55. The molecule has 1 unspecified atom stereocenters. The average molecular weight is 326 g/mol. The standard InChI is InChI=1S/C13H13BrFN3O/c1-19-10-4-8(6-17-7-10)13(18-16)11-5-9(15)2-3-12(11)14/h2-7,13,18H,16H2,1H3. The quantitative estimate of drug-likeness (QED) is 0.670. The SMILES string of the molecule is COc1cncc(C(NN)c2cc(F)ccc2Br)c1. The van der Waals surface area contributed by atoms with Crippen LogP contribution in [0.4, 0.5) is 4.39 Å². The Balaban J connectivity index is 2.46. The maximum absolute atomic E-state index is 13.4. The summed E-state index contributed by atoms with van der Waals surface area (Å²) in [4.78, 5) is 4.07. The van der Waals surface area contributed by atoms with Crippen molar-refractivity contribution in [3.05, 3.63) is 58.1 Å². The molecule has 1 aromatic carbocycles. The number of nitrogens with zero attached hydrogens (tertiary/aromatic N) is 1. The Hall–Kier alpha value is -1.50. The molecule has 0 amide bonds. The molecule has 0 aliphatic carbocycles. The molecular formula is C13H13BrFN3O. The van der Waals surface area contributed by atoms with E-state index < -0.39 is 0 Å². The predicted octanol–water partition coefficient (Wildman–Crippen LogP) is 2.54. The average Bonchev–Trinajstić information content (AvgIpc) is 2.44. The summed E-state index contributed by atoms with van der Waals surface area (Å²) >= 11 is 3.39. The summed E-state index contributed by atoms with van der Waals surface area (Å²) in [6.45, 7) is 0. The Kier molecular flexibility index (Phi) is 4.47. The number of nitrogens with two attached hydrogens (primary N) is 1. The lowest BCUT2D eigenvalue weighted by atomic mass is 10.0. The minimum Gasteiger partial charge on any atom is -0.495 e. The summed E-state index contributed by atoms with van der Waals surface area (Å²) in [5, 5.41) is 0. The van der Waals surface area contributed by atoms with E-state index in [4.69, 9.17) is 10.6 Å². The molecule has 0 aliphatic rings. The first-order chi connectivity index (χ1) is 9.15. The Morgan fingerprint density at radius 1 is 1.37 bits per heavy atom. The third kappa shape index (κ3) is 3.09. The number of hydrogen-bond acceptors (Lipinski definition) is 4. The molecule has 0 aliphatic heterocycles. The molecule has 0 saturated carbocycles. The van der Waals surface area contributed by atoms with Crippen molar-refractivity contribution in [2.45, 2.75) is 6.04 Å². The van der Waals surface area contributed by atoms with Gasteiger partial charge in [0.1, 0.15) is 11.6 Å². The second-order valence-corrected chi connectivity index (χ2v) is 4.78. The summed E-state index contributed by atoms with van der Waals surface area (Å²) in [5.74, 6) is 5.88. The summed E-state index contributed by atoms with van der Waals surface area (Å²) in [6.07, 6.45) is 3.25. The Morgan fingerprint density at radius 3 is 2.84 bits per heavy atom. The van der Waals surface area contributed by atoms with Gasteiger partial charge in [0.2, 0.25) is 0 Å². The molecule has 0 fully saturated rings. The van der Waals surface area contributed by atoms with Gasteiger partial charge in [-0.05, 0) is 35.4 Å². The van der Waals surface area contributed by atoms with Crippen LogP contribution in [0.5, 0.6) is 5.75 Å². The van der Waals surface area contributed by atoms with E-state index in [2.05, 4.69) is 26.3 Å². The summed E-state index contributed by atoms with van der Waals surface area (Å²) in [5.41, 5.74) is 4.14. The zero-order chi connectivity index (χ0) is 13.8. The maximum Gasteiger partial charge on any atom is 0.137 e. The van der Waals surface area contributed by atoms with Crippen LogP contribution in [0, 0.1) is 5.82 Å². The molecule has 4 nitrogen and oxygen atoms in total. The van der Waals surface area contributed by atoms with E-state index in [-0.39, 0.29) is 11.9 Å². The van der Waals surface area contributed by atoms with Crippen LogP contribution in [0.15, 0.2) is 41.1 Å². The van der Waals surface area contributed by atoms with Crippen molar-refractivity contribution in [3.63, 3.8) is 0 Å². The van der Waals surface area contributed by atoms with Crippen LogP contribution in [0.25, 0.3) is 0 Å². The third-order valence-electron chi connectivity index (χ3n) is 2.74. The minimum absolute atomic E-state index is 0.325. The smallest absolute Gasteiger partial charge is 0.137 e. The molecule has 0 spiro atoms. The number of halogens is 2. The zero-order valence-electron chi connectivity index (χ0n) is 10.2. The van der Waals surface area contributed by atoms with Gasteiger partial charge < -0.3 is 4.74 Å². The first kappa shape index (κ1) is 13.9. The van der Waals surface area contributed by atoms with Crippen LogP contribution in [0.2, 0.25) is 0 Å². The summed E-state index contributed by atoms with van der Waals surface area (Å²) in [6, 6.07) is 5.86. The van der Waals surface area contributed by atoms with Crippen LogP contribution in [0.1, 0.15) is 17.2 Å². The van der Waals surface area contributed by atoms with E-state index in [9.17, 15) is 4.39 Å². The normalized spacial score (nSPS) is 12.2. The number of pyridine rings is 1. The highest BCUT2D eigenvalue weighted by molar-refractivity contribution is 9.10. The van der Waals surface area contributed by atoms with Crippen molar-refractivity contribution in [2.75, 3.05) is 7.11 Å². The maximum atomic E-state index is 13.4. The second-order valence-electron chi connectivity index (χ2n) is 3.92. The number of benzene rings is 1. The topological polar surface area (TPSA) is 60.2 Å². The predicted molar refractivity (Wildman–Crippen MR) is 74.1 cm³/mol. The number of methoxy groups -OCH3 is 1. The number of nitrogens with one attached hydrogen (secondary N) is 1. The van der Waals surface area contributed by atoms with Gasteiger partial charge in [-0.15, -0.1) is 0 Å². The summed E-state index contributed by atoms with van der Waals surface area (Å²) < 4.78 is 19.3. The Bertz CT molecular complexity index is 580. The van der Waals surface area contributed by atoms with Crippen molar-refractivity contribution in [1.29, 1.82) is 0 Å². The van der Waals surface area contributed by atoms with Gasteiger partial charge in [-0.1, -0.05) is 15.9 Å². The number of hydrazine groups is 1. The van der Waals surface area contributed by atoms with Crippen LogP contribution < -0.4 is 16.0 Å². The van der Waals surface area contributed by atoms with Crippen molar-refractivity contribution in [2.24, 2.45) is 5.84 Å². The van der Waals surface area contributed by atoms with E-state index in [1.807, 2.05) is 0 Å². The fourth-order valence-electron chi connectivity index (χ4n) is 1.81. The molecular weight excluding hydrogens is 313 g/mol. The monoisotopic (exact) mass is 325 g/mol. The molecule has 2 rings (SSSR count). The molecule has 19 heavy (non-hydrogen) atoms. The van der Waals surface area contributed by atoms with Gasteiger partial charge in [-0.2, -0.15) is 0 Å². The fourth-order valence-corrected chi connectivity index (χ4v) is 2.28. The van der Waals surface area contributed by atoms with Crippen LogP contribution in [-0.4, -0.2) is 12.1 Å². The van der Waals surface area contributed by atoms with E-state index in [1.165, 1.54) is 12.1 Å². The van der Waals surface area contributed by atoms with Crippen LogP contribution in [0.3, 0.4) is 0 Å². The summed E-state index contributed by atoms with van der Waals surface area (Å²) in [7, 11) is 1.56. The highest BCUT2D eigenvalue weighted by Gasteiger charge is 2.17. The number of aromatic nitrogens is 1. The van der Waals surface area contributed by atoms with E-state index in [0.29, 0.717) is 11.3 Å². The molecule has 2 aromatic rings. The number of rotatable bonds is 4. The number of ether oxygens (including phenoxy) is 1. The molecule has 0 radical (unpaired) electrons. The van der Waals surface area contributed by atoms with Crippen molar-refractivity contribution in [3.8, 4) is 5.75 Å². The third-order valence-corrected chi connectivity index (χ3v) is 3.46. The van der Waals surface area contributed by atoms with E-state index >= 15 is 0 Å². The minimum atomic E-state index is -0.382. The molecule has 100 valence electrons. The number of hydrogen-bond donors (Lipinski definition) is 2. The van der Waals surface area contributed by atoms with Crippen LogP contribution >= 0.6 is 15.9 Å². The fraction of sp³-hybridized carbons (Fsp3) is 0.154. The Labute approximate surface area is 118 Å². The van der Waals surface area contributed by atoms with Gasteiger partial charge in [-0.25, -0.2) is 9.82 Å². The highest BCUT2D eigenvalue weighted by atomic mass is 79.9. The van der Waals surface area contributed by atoms with Gasteiger partial charge in [-0.3, -0.25) is 10.8 Å². The molecule has 1 aromatic heterocycles. The lowest BCUT2D eigenvalue weighted by molar-refractivity contribution is 0.411. The van der Waals surface area contributed by atoms with E-state index in [0.717, 1.165) is 10.0 Å². The molecule has 3 N–H and O–H groups in total. The lowest BCUT2D eigenvalue weighted by Crippen LogP contribution is -2.29. The molecule has 0 saturated heterocycles. The van der Waals surface area contributed by atoms with Crippen LogP contribution in [-0.2, 0) is 0 Å². The Morgan fingerprint density at radius 2 is 2.16 bits per heavy atom. The lowest BCUT2D eigenvalue weighted by Gasteiger charge is -2.18. The molecule has 1 heterocycles. The van der Waals surface area contributed by atoms with E-state index in [1.54, 1.807) is 31.6 Å². The van der Waals surface area contributed by atoms with Crippen molar-refractivity contribution < 1.29 is 9.13 Å². The largest absolute Gasteiger partial charge is 0.495 e. The molecule has 1 atom stereocenters. The highest BCUT2D eigenvalue weighted by Crippen LogP contribution is 2.29. The first-order valence-corrected chi connectivity index (χ1v) is 6.35. The van der Waals surface area contributed by atoms with Crippen molar-refractivity contribution >= 4 is 15.9 Å². The molecule has 0 bridgehead atoms. The zero-order valence-corrected chi connectivity index (χ0v) is 11.8. The van der Waals surface area contributed by atoms with Crippen molar-refractivity contribution in [1.82, 2.24) is 10.4 Å². The van der Waals surface area contributed by atoms with Gasteiger partial charge in [0.05, 0.1) is 19.3 Å². The molecule has 6 heteroatoms. The van der Waals surface area contributed by atoms with Gasteiger partial charge in [0, 0.05) is 10.7 Å². The van der Waals surface area contributed by atoms with Gasteiger partial charge in [0.15, 0.2) is 0 Å². The van der Waals surface area contributed by atoms with Gasteiger partial charge in [0.25, 0.3) is 0 Å².